The number of fused-ring (bicyclic) bond motifs is 3. The molecule has 1 saturated heterocycles. The largest absolute Gasteiger partial charge is 0.383 e. The van der Waals surface area contributed by atoms with E-state index in [9.17, 15) is 9.59 Å². The first-order valence-corrected chi connectivity index (χ1v) is 14.3. The van der Waals surface area contributed by atoms with Gasteiger partial charge in [0, 0.05) is 63.3 Å². The molecule has 8 heteroatoms. The van der Waals surface area contributed by atoms with Crippen molar-refractivity contribution in [2.45, 2.75) is 50.2 Å². The van der Waals surface area contributed by atoms with Gasteiger partial charge in [0.15, 0.2) is 0 Å². The molecule has 3 aliphatic rings. The van der Waals surface area contributed by atoms with Gasteiger partial charge in [-0.25, -0.2) is 0 Å². The summed E-state index contributed by atoms with van der Waals surface area (Å²) in [5, 5.41) is 6.89. The van der Waals surface area contributed by atoms with Crippen LogP contribution >= 0.6 is 0 Å². The Morgan fingerprint density at radius 2 is 1.79 bits per heavy atom. The van der Waals surface area contributed by atoms with Gasteiger partial charge in [-0.3, -0.25) is 9.59 Å². The van der Waals surface area contributed by atoms with Gasteiger partial charge in [-0.15, -0.1) is 0 Å². The fourth-order valence-electron chi connectivity index (χ4n) is 6.71. The highest BCUT2D eigenvalue weighted by molar-refractivity contribution is 5.95. The third kappa shape index (κ3) is 5.77. The van der Waals surface area contributed by atoms with Crippen molar-refractivity contribution < 1.29 is 19.1 Å². The smallest absolute Gasteiger partial charge is 0.251 e. The van der Waals surface area contributed by atoms with Crippen LogP contribution in [0, 0.1) is 11.8 Å². The minimum atomic E-state index is -0.205. The number of carbonyl (C=O) groups is 2. The number of rotatable bonds is 9. The number of hydrogen-bond donors (Lipinski definition) is 2. The molecule has 5 rings (SSSR count). The van der Waals surface area contributed by atoms with Crippen LogP contribution in [-0.4, -0.2) is 76.4 Å². The number of likely N-dealkylation sites (N-methyl/N-ethyl adjacent to an activating group) is 1. The van der Waals surface area contributed by atoms with Crippen LogP contribution < -0.4 is 15.5 Å². The maximum absolute atomic E-state index is 14.2. The number of para-hydroxylation sites is 1. The van der Waals surface area contributed by atoms with Crippen molar-refractivity contribution in [1.82, 2.24) is 10.2 Å². The Labute approximate surface area is 232 Å². The lowest BCUT2D eigenvalue weighted by Crippen LogP contribution is -2.50. The minimum absolute atomic E-state index is 0.0380. The maximum atomic E-state index is 14.2. The Bertz CT molecular complexity index is 1140. The van der Waals surface area contributed by atoms with E-state index in [-0.39, 0.29) is 35.9 Å². The Kier molecular flexibility index (Phi) is 8.72. The van der Waals surface area contributed by atoms with Gasteiger partial charge in [0.1, 0.15) is 0 Å². The second kappa shape index (κ2) is 12.4. The standard InChI is InChI=1S/C31H42N4O4/c1-34(18-19-38-2)22-14-12-21(13-15-22)30(36)33-27-11-7-5-9-25(27)31(37)35-17-16-24-28(20-39-3)32-26-10-6-4-8-23(26)29(24)35/h4,6,8,10,12-15,24-25,27-29,32H,5,7,9,11,16-20H2,1-3H3,(H,33,36)/t24-,25+,27-,28+,29+/m1/s1. The third-order valence-electron chi connectivity index (χ3n) is 8.81. The first-order chi connectivity index (χ1) is 19.0. The van der Waals surface area contributed by atoms with Crippen molar-refractivity contribution in [3.05, 3.63) is 59.7 Å². The van der Waals surface area contributed by atoms with E-state index in [0.29, 0.717) is 24.7 Å². The van der Waals surface area contributed by atoms with Crippen LogP contribution in [0.3, 0.4) is 0 Å². The van der Waals surface area contributed by atoms with Crippen LogP contribution in [0.25, 0.3) is 0 Å². The van der Waals surface area contributed by atoms with E-state index in [0.717, 1.165) is 56.6 Å². The second-order valence-corrected chi connectivity index (χ2v) is 11.2. The quantitative estimate of drug-likeness (QED) is 0.504. The third-order valence-corrected chi connectivity index (χ3v) is 8.81. The van der Waals surface area contributed by atoms with E-state index in [1.807, 2.05) is 37.4 Å². The number of likely N-dealkylation sites (tertiary alicyclic amines) is 1. The predicted octanol–water partition coefficient (Wildman–Crippen LogP) is 4.09. The SMILES string of the molecule is COCCN(C)c1ccc(C(=O)N[C@@H]2CCCC[C@@H]2C(=O)N2CC[C@@H]3[C@H](COC)Nc4ccccc4[C@@H]32)cc1. The van der Waals surface area contributed by atoms with Crippen molar-refractivity contribution in [3.8, 4) is 0 Å². The van der Waals surface area contributed by atoms with E-state index in [1.165, 1.54) is 5.56 Å². The molecular weight excluding hydrogens is 492 g/mol. The number of amides is 2. The van der Waals surface area contributed by atoms with Crippen LogP contribution in [0.5, 0.6) is 0 Å². The molecule has 1 saturated carbocycles. The monoisotopic (exact) mass is 534 g/mol. The number of nitrogens with zero attached hydrogens (tertiary/aromatic N) is 2. The summed E-state index contributed by atoms with van der Waals surface area (Å²) in [5.74, 6) is 0.165. The number of carbonyl (C=O) groups excluding carboxylic acids is 2. The summed E-state index contributed by atoms with van der Waals surface area (Å²) in [6, 6.07) is 16.0. The number of benzene rings is 2. The first-order valence-electron chi connectivity index (χ1n) is 14.3. The van der Waals surface area contributed by atoms with Crippen LogP contribution in [0.1, 0.15) is 54.1 Å². The molecule has 0 radical (unpaired) electrons. The molecule has 5 atom stereocenters. The fourth-order valence-corrected chi connectivity index (χ4v) is 6.71. The Hall–Kier alpha value is -3.10. The molecule has 2 aliphatic heterocycles. The number of nitrogens with one attached hydrogen (secondary N) is 2. The van der Waals surface area contributed by atoms with Gasteiger partial charge >= 0.3 is 0 Å². The van der Waals surface area contributed by atoms with Crippen molar-refractivity contribution in [2.24, 2.45) is 11.8 Å². The number of methoxy groups -OCH3 is 2. The van der Waals surface area contributed by atoms with E-state index < -0.39 is 0 Å². The molecule has 0 spiro atoms. The van der Waals surface area contributed by atoms with Gasteiger partial charge in [-0.05, 0) is 55.2 Å². The van der Waals surface area contributed by atoms with Crippen LogP contribution in [0.4, 0.5) is 11.4 Å². The molecule has 1 aliphatic carbocycles. The molecule has 39 heavy (non-hydrogen) atoms. The zero-order valence-corrected chi connectivity index (χ0v) is 23.4. The second-order valence-electron chi connectivity index (χ2n) is 11.2. The lowest BCUT2D eigenvalue weighted by molar-refractivity contribution is -0.139. The van der Waals surface area contributed by atoms with Gasteiger partial charge in [0.25, 0.3) is 5.91 Å². The van der Waals surface area contributed by atoms with Gasteiger partial charge < -0.3 is 29.9 Å². The van der Waals surface area contributed by atoms with Crippen molar-refractivity contribution >= 4 is 23.2 Å². The highest BCUT2D eigenvalue weighted by Gasteiger charge is 2.48. The maximum Gasteiger partial charge on any atom is 0.251 e. The van der Waals surface area contributed by atoms with E-state index in [1.54, 1.807) is 14.2 Å². The average molecular weight is 535 g/mol. The Morgan fingerprint density at radius 1 is 1.03 bits per heavy atom. The molecule has 0 aromatic heterocycles. The van der Waals surface area contributed by atoms with Crippen molar-refractivity contribution in [3.63, 3.8) is 0 Å². The van der Waals surface area contributed by atoms with Gasteiger partial charge in [0.2, 0.25) is 5.91 Å². The zero-order valence-electron chi connectivity index (χ0n) is 23.4. The first kappa shape index (κ1) is 27.5. The minimum Gasteiger partial charge on any atom is -0.383 e. The van der Waals surface area contributed by atoms with E-state index >= 15 is 0 Å². The summed E-state index contributed by atoms with van der Waals surface area (Å²) in [4.78, 5) is 31.6. The van der Waals surface area contributed by atoms with Crippen molar-refractivity contribution in [1.29, 1.82) is 0 Å². The van der Waals surface area contributed by atoms with Gasteiger partial charge in [-0.1, -0.05) is 31.0 Å². The predicted molar refractivity (Wildman–Crippen MR) is 153 cm³/mol. The lowest BCUT2D eigenvalue weighted by atomic mass is 9.81. The molecule has 2 N–H and O–H groups in total. The highest BCUT2D eigenvalue weighted by atomic mass is 16.5. The molecule has 210 valence electrons. The molecule has 2 heterocycles. The summed E-state index contributed by atoms with van der Waals surface area (Å²) in [5.41, 5.74) is 3.93. The van der Waals surface area contributed by atoms with Crippen LogP contribution in [-0.2, 0) is 14.3 Å². The highest BCUT2D eigenvalue weighted by Crippen LogP contribution is 2.47. The molecule has 2 amide bonds. The number of anilines is 2. The van der Waals surface area contributed by atoms with Crippen LogP contribution in [0.15, 0.2) is 48.5 Å². The molecule has 2 aromatic carbocycles. The molecule has 2 aromatic rings. The summed E-state index contributed by atoms with van der Waals surface area (Å²) < 4.78 is 10.7. The fraction of sp³-hybridized carbons (Fsp3) is 0.548. The Morgan fingerprint density at radius 3 is 2.56 bits per heavy atom. The summed E-state index contributed by atoms with van der Waals surface area (Å²) in [7, 11) is 5.43. The summed E-state index contributed by atoms with van der Waals surface area (Å²) >= 11 is 0. The number of ether oxygens (including phenoxy) is 2. The molecule has 2 fully saturated rings. The van der Waals surface area contributed by atoms with E-state index in [4.69, 9.17) is 9.47 Å². The van der Waals surface area contributed by atoms with Crippen molar-refractivity contribution in [2.75, 3.05) is 57.8 Å². The normalized spacial score (nSPS) is 25.8. The van der Waals surface area contributed by atoms with Gasteiger partial charge in [-0.2, -0.15) is 0 Å². The molecule has 0 bridgehead atoms. The van der Waals surface area contributed by atoms with E-state index in [2.05, 4.69) is 38.6 Å². The zero-order chi connectivity index (χ0) is 27.4. The average Bonchev–Trinajstić information content (AvgIpc) is 3.42. The summed E-state index contributed by atoms with van der Waals surface area (Å²) in [6.07, 6.45) is 4.61. The molecular formula is C31H42N4O4. The lowest BCUT2D eigenvalue weighted by Gasteiger charge is -2.41. The molecule has 8 nitrogen and oxygen atoms in total. The van der Waals surface area contributed by atoms with Gasteiger partial charge in [0.05, 0.1) is 31.2 Å². The Balaban J connectivity index is 1.30. The topological polar surface area (TPSA) is 83.1 Å². The molecule has 0 unspecified atom stereocenters. The number of hydrogen-bond acceptors (Lipinski definition) is 6. The van der Waals surface area contributed by atoms with Crippen LogP contribution in [0.2, 0.25) is 0 Å². The summed E-state index contributed by atoms with van der Waals surface area (Å²) in [6.45, 7) is 2.77.